The summed E-state index contributed by atoms with van der Waals surface area (Å²) in [6.45, 7) is 8.57. The zero-order valence-corrected chi connectivity index (χ0v) is 15.8. The molecule has 0 saturated carbocycles. The molecule has 24 heavy (non-hydrogen) atoms. The van der Waals surface area contributed by atoms with Crippen LogP contribution in [0.1, 0.15) is 34.2 Å². The Labute approximate surface area is 150 Å². The van der Waals surface area contributed by atoms with Crippen molar-refractivity contribution in [3.8, 4) is 0 Å². The first-order chi connectivity index (χ1) is 11.5. The van der Waals surface area contributed by atoms with Crippen LogP contribution in [0.4, 0.5) is 0 Å². The highest BCUT2D eigenvalue weighted by molar-refractivity contribution is 7.09. The minimum Gasteiger partial charge on any atom is -0.336 e. The van der Waals surface area contributed by atoms with Crippen LogP contribution in [0, 0.1) is 19.3 Å². The highest BCUT2D eigenvalue weighted by Crippen LogP contribution is 2.41. The number of hydrogen-bond donors (Lipinski definition) is 0. The highest BCUT2D eigenvalue weighted by atomic mass is 32.1. The smallest absolute Gasteiger partial charge is 0.223 e. The largest absolute Gasteiger partial charge is 0.336 e. The molecule has 2 aromatic heterocycles. The molecule has 0 bridgehead atoms. The zero-order chi connectivity index (χ0) is 16.7. The third kappa shape index (κ3) is 3.25. The summed E-state index contributed by atoms with van der Waals surface area (Å²) in [6.07, 6.45) is 1.79. The van der Waals surface area contributed by atoms with Crippen molar-refractivity contribution >= 4 is 28.6 Å². The quantitative estimate of drug-likeness (QED) is 0.839. The van der Waals surface area contributed by atoms with E-state index < -0.39 is 0 Å². The number of likely N-dealkylation sites (tertiary alicyclic amines) is 2. The first-order valence-electron chi connectivity index (χ1n) is 8.34. The van der Waals surface area contributed by atoms with Crippen molar-refractivity contribution in [2.75, 3.05) is 19.6 Å². The number of thiazole rings is 2. The monoisotopic (exact) mass is 362 g/mol. The van der Waals surface area contributed by atoms with E-state index in [1.165, 1.54) is 0 Å². The second-order valence-electron chi connectivity index (χ2n) is 7.10. The molecule has 4 rings (SSSR count). The fourth-order valence-corrected chi connectivity index (χ4v) is 5.16. The summed E-state index contributed by atoms with van der Waals surface area (Å²) in [5.74, 6) is 0.284. The van der Waals surface area contributed by atoms with Crippen LogP contribution in [0.2, 0.25) is 0 Å². The maximum atomic E-state index is 12.5. The normalized spacial score (nSPS) is 24.6. The topological polar surface area (TPSA) is 49.3 Å². The van der Waals surface area contributed by atoms with Gasteiger partial charge < -0.3 is 4.90 Å². The van der Waals surface area contributed by atoms with Crippen molar-refractivity contribution in [3.05, 3.63) is 32.2 Å². The Bertz CT molecular complexity index is 755. The average molecular weight is 363 g/mol. The summed E-state index contributed by atoms with van der Waals surface area (Å²) < 4.78 is 0. The third-order valence-electron chi connectivity index (χ3n) is 4.99. The molecule has 2 saturated heterocycles. The highest BCUT2D eigenvalue weighted by Gasteiger charge is 2.47. The van der Waals surface area contributed by atoms with Crippen LogP contribution in [-0.4, -0.2) is 45.3 Å². The van der Waals surface area contributed by atoms with E-state index in [4.69, 9.17) is 0 Å². The van der Waals surface area contributed by atoms with Crippen LogP contribution in [0.3, 0.4) is 0 Å². The van der Waals surface area contributed by atoms with Gasteiger partial charge in [0.25, 0.3) is 0 Å². The number of nitrogens with zero attached hydrogens (tertiary/aromatic N) is 4. The number of amides is 1. The summed E-state index contributed by atoms with van der Waals surface area (Å²) >= 11 is 3.36. The van der Waals surface area contributed by atoms with Gasteiger partial charge in [0.1, 0.15) is 0 Å². The van der Waals surface area contributed by atoms with Gasteiger partial charge in [-0.05, 0) is 26.8 Å². The van der Waals surface area contributed by atoms with Crippen LogP contribution in [-0.2, 0) is 17.9 Å². The number of aryl methyl sites for hydroxylation is 2. The molecule has 2 aromatic rings. The summed E-state index contributed by atoms with van der Waals surface area (Å²) in [5, 5.41) is 6.41. The number of carbonyl (C=O) groups excluding carboxylic acids is 1. The summed E-state index contributed by atoms with van der Waals surface area (Å²) in [5.41, 5.74) is 2.32. The van der Waals surface area contributed by atoms with E-state index in [-0.39, 0.29) is 11.3 Å². The lowest BCUT2D eigenvalue weighted by molar-refractivity contribution is -0.128. The molecule has 2 aliphatic rings. The van der Waals surface area contributed by atoms with Crippen molar-refractivity contribution in [1.82, 2.24) is 19.8 Å². The van der Waals surface area contributed by atoms with E-state index in [0.717, 1.165) is 54.0 Å². The van der Waals surface area contributed by atoms with E-state index >= 15 is 0 Å². The molecule has 0 aliphatic carbocycles. The van der Waals surface area contributed by atoms with Gasteiger partial charge in [0, 0.05) is 42.2 Å². The Morgan fingerprint density at radius 2 is 1.75 bits per heavy atom. The first kappa shape index (κ1) is 16.2. The molecule has 0 aromatic carbocycles. The molecule has 7 heteroatoms. The van der Waals surface area contributed by atoms with Crippen LogP contribution in [0.15, 0.2) is 10.8 Å². The number of rotatable bonds is 4. The van der Waals surface area contributed by atoms with E-state index in [0.29, 0.717) is 13.0 Å². The summed E-state index contributed by atoms with van der Waals surface area (Å²) in [7, 11) is 0. The number of aromatic nitrogens is 2. The molecule has 0 N–H and O–H groups in total. The molecule has 5 nitrogen and oxygen atoms in total. The molecule has 0 radical (unpaired) electrons. The van der Waals surface area contributed by atoms with E-state index in [1.54, 1.807) is 22.7 Å². The lowest BCUT2D eigenvalue weighted by atomic mass is 9.86. The van der Waals surface area contributed by atoms with Gasteiger partial charge in [-0.15, -0.1) is 22.7 Å². The average Bonchev–Trinajstić information content (AvgIpc) is 3.26. The summed E-state index contributed by atoms with van der Waals surface area (Å²) in [6, 6.07) is 0. The molecule has 2 aliphatic heterocycles. The molecule has 128 valence electrons. The second kappa shape index (κ2) is 6.20. The molecular weight excluding hydrogens is 340 g/mol. The molecule has 1 spiro atoms. The lowest BCUT2D eigenvalue weighted by Crippen LogP contribution is -2.31. The second-order valence-corrected chi connectivity index (χ2v) is 9.23. The fourth-order valence-electron chi connectivity index (χ4n) is 3.95. The van der Waals surface area contributed by atoms with Crippen LogP contribution >= 0.6 is 22.7 Å². The van der Waals surface area contributed by atoms with Gasteiger partial charge in [-0.25, -0.2) is 9.97 Å². The maximum absolute atomic E-state index is 12.5. The Morgan fingerprint density at radius 1 is 1.08 bits per heavy atom. The Morgan fingerprint density at radius 3 is 2.38 bits per heavy atom. The van der Waals surface area contributed by atoms with Crippen molar-refractivity contribution in [2.24, 2.45) is 5.41 Å². The standard InChI is InChI=1S/C17H22N4OS2/c1-12-18-14(8-23-12)6-20-4-3-17(10-20)5-16(22)21(11-17)7-15-9-24-13(2)19-15/h8-9H,3-7,10-11H2,1-2H3/t17-/m1/s1. The van der Waals surface area contributed by atoms with Gasteiger partial charge in [-0.3, -0.25) is 9.69 Å². The van der Waals surface area contributed by atoms with Gasteiger partial charge in [0.15, 0.2) is 0 Å². The minimum absolute atomic E-state index is 0.132. The van der Waals surface area contributed by atoms with E-state index in [2.05, 4.69) is 25.6 Å². The number of hydrogen-bond acceptors (Lipinski definition) is 6. The van der Waals surface area contributed by atoms with Crippen molar-refractivity contribution in [3.63, 3.8) is 0 Å². The molecule has 4 heterocycles. The minimum atomic E-state index is 0.132. The van der Waals surface area contributed by atoms with Gasteiger partial charge in [-0.1, -0.05) is 0 Å². The predicted molar refractivity (Wildman–Crippen MR) is 96.1 cm³/mol. The number of carbonyl (C=O) groups is 1. The van der Waals surface area contributed by atoms with Crippen molar-refractivity contribution < 1.29 is 4.79 Å². The molecule has 1 atom stereocenters. The Kier molecular flexibility index (Phi) is 4.18. The van der Waals surface area contributed by atoms with Crippen LogP contribution in [0.25, 0.3) is 0 Å². The van der Waals surface area contributed by atoms with Gasteiger partial charge in [0.2, 0.25) is 5.91 Å². The first-order valence-corrected chi connectivity index (χ1v) is 10.1. The van der Waals surface area contributed by atoms with Gasteiger partial charge in [-0.2, -0.15) is 0 Å². The molecule has 1 amide bonds. The van der Waals surface area contributed by atoms with Crippen LogP contribution in [0.5, 0.6) is 0 Å². The van der Waals surface area contributed by atoms with Gasteiger partial charge >= 0.3 is 0 Å². The molecule has 2 fully saturated rings. The molecule has 0 unspecified atom stereocenters. The fraction of sp³-hybridized carbons (Fsp3) is 0.588. The Hall–Kier alpha value is -1.31. The SMILES string of the molecule is Cc1nc(CN2CC[C@@]3(CC(=O)N(Cc4csc(C)n4)C3)C2)cs1. The van der Waals surface area contributed by atoms with Crippen molar-refractivity contribution in [1.29, 1.82) is 0 Å². The maximum Gasteiger partial charge on any atom is 0.223 e. The predicted octanol–water partition coefficient (Wildman–Crippen LogP) is 2.84. The van der Waals surface area contributed by atoms with E-state index in [1.807, 2.05) is 18.7 Å². The van der Waals surface area contributed by atoms with Crippen molar-refractivity contribution in [2.45, 2.75) is 39.8 Å². The lowest BCUT2D eigenvalue weighted by Gasteiger charge is -2.23. The zero-order valence-electron chi connectivity index (χ0n) is 14.1. The Balaban J connectivity index is 1.39. The van der Waals surface area contributed by atoms with Crippen LogP contribution < -0.4 is 0 Å². The summed E-state index contributed by atoms with van der Waals surface area (Å²) in [4.78, 5) is 26.0. The van der Waals surface area contributed by atoms with E-state index in [9.17, 15) is 4.79 Å². The van der Waals surface area contributed by atoms with Gasteiger partial charge in [0.05, 0.1) is 27.9 Å². The molecular formula is C17H22N4OS2. The third-order valence-corrected chi connectivity index (χ3v) is 6.64.